The maximum Gasteiger partial charge on any atom is 0.143 e. The molecule has 2 aromatic heterocycles. The third-order valence-corrected chi connectivity index (χ3v) is 13.9. The fourth-order valence-corrected chi connectivity index (χ4v) is 11.3. The third-order valence-electron chi connectivity index (χ3n) is 13.9. The molecule has 0 atom stereocenters. The molecule has 0 aliphatic rings. The van der Waals surface area contributed by atoms with Gasteiger partial charge in [0.2, 0.25) is 0 Å². The van der Waals surface area contributed by atoms with E-state index in [0.717, 1.165) is 66.2 Å². The van der Waals surface area contributed by atoms with E-state index in [4.69, 9.17) is 4.42 Å². The van der Waals surface area contributed by atoms with Crippen LogP contribution in [0.4, 0.5) is 0 Å². The van der Waals surface area contributed by atoms with Crippen molar-refractivity contribution in [2.24, 2.45) is 0 Å². The molecule has 0 saturated heterocycles. The van der Waals surface area contributed by atoms with Crippen molar-refractivity contribution in [3.05, 3.63) is 236 Å². The lowest BCUT2D eigenvalue weighted by molar-refractivity contribution is 0.670. The van der Waals surface area contributed by atoms with Gasteiger partial charge in [-0.25, -0.2) is 0 Å². The fourth-order valence-electron chi connectivity index (χ4n) is 11.3. The summed E-state index contributed by atoms with van der Waals surface area (Å²) in [6.45, 7) is 6.65. The molecule has 314 valence electrons. The van der Waals surface area contributed by atoms with Gasteiger partial charge in [-0.2, -0.15) is 0 Å². The first-order valence-electron chi connectivity index (χ1n) is 23.1. The molecule has 13 aromatic rings. The molecule has 0 aliphatic heterocycles. The maximum absolute atomic E-state index is 7.19. The molecule has 0 unspecified atom stereocenters. The number of furan rings is 1. The van der Waals surface area contributed by atoms with Crippen LogP contribution in [0.25, 0.3) is 138 Å². The van der Waals surface area contributed by atoms with Crippen LogP contribution >= 0.6 is 0 Å². The quantitative estimate of drug-likeness (QED) is 0.146. The summed E-state index contributed by atoms with van der Waals surface area (Å²) < 4.78 is 9.58. The van der Waals surface area contributed by atoms with Crippen molar-refractivity contribution in [1.82, 2.24) is 4.57 Å². The van der Waals surface area contributed by atoms with Gasteiger partial charge in [0.1, 0.15) is 11.2 Å². The summed E-state index contributed by atoms with van der Waals surface area (Å²) in [6.07, 6.45) is 6.47. The Kier molecular flexibility index (Phi) is 8.94. The highest BCUT2D eigenvalue weighted by Crippen LogP contribution is 2.51. The van der Waals surface area contributed by atoms with Crippen molar-refractivity contribution in [3.8, 4) is 50.2 Å². The molecular formula is C65H43NO. The second kappa shape index (κ2) is 15.5. The first kappa shape index (κ1) is 38.7. The van der Waals surface area contributed by atoms with Crippen LogP contribution in [-0.4, -0.2) is 4.57 Å². The Balaban J connectivity index is 1.10. The van der Waals surface area contributed by atoms with Gasteiger partial charge in [0, 0.05) is 38.4 Å². The van der Waals surface area contributed by atoms with Gasteiger partial charge < -0.3 is 8.98 Å². The van der Waals surface area contributed by atoms with Crippen molar-refractivity contribution in [2.75, 3.05) is 0 Å². The second-order valence-electron chi connectivity index (χ2n) is 17.4. The van der Waals surface area contributed by atoms with Crippen molar-refractivity contribution in [1.29, 1.82) is 0 Å². The van der Waals surface area contributed by atoms with E-state index in [9.17, 15) is 0 Å². The number of rotatable bonds is 7. The summed E-state index contributed by atoms with van der Waals surface area (Å²) in [7, 11) is 0. The van der Waals surface area contributed by atoms with E-state index in [1.165, 1.54) is 71.2 Å². The molecule has 13 rings (SSSR count). The standard InChI is InChI=1S/C65H43NO/c1-3-22-44-43(4-2)60(52-34-20-39-57-63(52)51-33-17-18-38-56(51)66(57)42-25-9-6-10-26-42)49-31-15-16-32-50(49)62(44)54-36-19-37-55-64-53(35-21-40-58(64)67-65(54)55)61-47-29-13-11-27-45(47)59(41-23-7-5-8-24-41)46-28-12-14-30-48(46)61/h3-40H,2H2,1H3/b22-3-. The number of para-hydroxylation sites is 3. The Morgan fingerprint density at radius 2 is 0.866 bits per heavy atom. The summed E-state index contributed by atoms with van der Waals surface area (Å²) in [5, 5.41) is 11.8. The minimum atomic E-state index is 0.860. The number of hydrogen-bond acceptors (Lipinski definition) is 1. The first-order chi connectivity index (χ1) is 33.2. The molecule has 0 spiro atoms. The lowest BCUT2D eigenvalue weighted by atomic mass is 9.82. The molecule has 2 heteroatoms. The van der Waals surface area contributed by atoms with Crippen LogP contribution in [-0.2, 0) is 0 Å². The maximum atomic E-state index is 7.19. The molecular weight excluding hydrogens is 811 g/mol. The van der Waals surface area contributed by atoms with Gasteiger partial charge in [-0.05, 0) is 114 Å². The van der Waals surface area contributed by atoms with Gasteiger partial charge in [0.15, 0.2) is 0 Å². The molecule has 0 saturated carbocycles. The molecule has 2 nitrogen and oxygen atoms in total. The molecule has 67 heavy (non-hydrogen) atoms. The molecule has 2 heterocycles. The molecule has 0 N–H and O–H groups in total. The zero-order valence-corrected chi connectivity index (χ0v) is 37.0. The van der Waals surface area contributed by atoms with Crippen molar-refractivity contribution >= 4 is 88.2 Å². The van der Waals surface area contributed by atoms with Crippen LogP contribution in [0.3, 0.4) is 0 Å². The van der Waals surface area contributed by atoms with Gasteiger partial charge in [-0.15, -0.1) is 0 Å². The van der Waals surface area contributed by atoms with E-state index in [0.29, 0.717) is 0 Å². The van der Waals surface area contributed by atoms with E-state index in [-0.39, 0.29) is 0 Å². The molecule has 0 aliphatic carbocycles. The normalized spacial score (nSPS) is 12.0. The largest absolute Gasteiger partial charge is 0.455 e. The van der Waals surface area contributed by atoms with Gasteiger partial charge in [-0.1, -0.05) is 207 Å². The van der Waals surface area contributed by atoms with Gasteiger partial charge >= 0.3 is 0 Å². The molecule has 11 aromatic carbocycles. The SMILES string of the molecule is C=Cc1c(/C=C\C)c(-c2cccc3c2oc2cccc(-c4c5ccccc5c(-c5ccccc5)c5ccccc45)c23)c2ccccc2c1-c1cccc2c1c1ccccc1n2-c1ccccc1. The summed E-state index contributed by atoms with van der Waals surface area (Å²) in [6, 6.07) is 76.9. The summed E-state index contributed by atoms with van der Waals surface area (Å²) in [5.41, 5.74) is 16.8. The second-order valence-corrected chi connectivity index (χ2v) is 17.4. The Morgan fingerprint density at radius 3 is 1.51 bits per heavy atom. The highest BCUT2D eigenvalue weighted by atomic mass is 16.3. The Labute approximate surface area is 388 Å². The summed E-state index contributed by atoms with van der Waals surface area (Å²) in [5.74, 6) is 0. The first-order valence-corrected chi connectivity index (χ1v) is 23.1. The number of aromatic nitrogens is 1. The highest BCUT2D eigenvalue weighted by molar-refractivity contribution is 6.27. The van der Waals surface area contributed by atoms with Crippen LogP contribution in [0.2, 0.25) is 0 Å². The number of benzene rings is 11. The fraction of sp³-hybridized carbons (Fsp3) is 0.0154. The van der Waals surface area contributed by atoms with Crippen LogP contribution in [0.15, 0.2) is 229 Å². The molecule has 0 amide bonds. The predicted octanol–water partition coefficient (Wildman–Crippen LogP) is 18.5. The van der Waals surface area contributed by atoms with E-state index in [1.807, 2.05) is 0 Å². The minimum absolute atomic E-state index is 0.860. The van der Waals surface area contributed by atoms with Gasteiger partial charge in [0.25, 0.3) is 0 Å². The topological polar surface area (TPSA) is 18.1 Å². The average molecular weight is 854 g/mol. The molecule has 0 fully saturated rings. The van der Waals surface area contributed by atoms with E-state index < -0.39 is 0 Å². The average Bonchev–Trinajstić information content (AvgIpc) is 3.95. The number of fused-ring (bicyclic) bond motifs is 9. The summed E-state index contributed by atoms with van der Waals surface area (Å²) in [4.78, 5) is 0. The van der Waals surface area contributed by atoms with Gasteiger partial charge in [0.05, 0.1) is 11.0 Å². The smallest absolute Gasteiger partial charge is 0.143 e. The minimum Gasteiger partial charge on any atom is -0.455 e. The third kappa shape index (κ3) is 5.76. The Bertz CT molecular complexity index is 4110. The summed E-state index contributed by atoms with van der Waals surface area (Å²) >= 11 is 0. The zero-order chi connectivity index (χ0) is 44.6. The van der Waals surface area contributed by atoms with Crippen molar-refractivity contribution in [3.63, 3.8) is 0 Å². The van der Waals surface area contributed by atoms with E-state index in [2.05, 4.69) is 249 Å². The van der Waals surface area contributed by atoms with Crippen LogP contribution in [0, 0.1) is 0 Å². The van der Waals surface area contributed by atoms with E-state index >= 15 is 0 Å². The number of hydrogen-bond donors (Lipinski definition) is 0. The highest BCUT2D eigenvalue weighted by Gasteiger charge is 2.26. The van der Waals surface area contributed by atoms with Crippen molar-refractivity contribution in [2.45, 2.75) is 6.92 Å². The zero-order valence-electron chi connectivity index (χ0n) is 37.0. The molecule has 0 bridgehead atoms. The Morgan fingerprint density at radius 1 is 0.388 bits per heavy atom. The number of nitrogens with zero attached hydrogens (tertiary/aromatic N) is 1. The van der Waals surface area contributed by atoms with Crippen LogP contribution < -0.4 is 0 Å². The predicted molar refractivity (Wildman–Crippen MR) is 287 cm³/mol. The number of allylic oxidation sites excluding steroid dienone is 1. The lowest BCUT2D eigenvalue weighted by Gasteiger charge is -2.21. The van der Waals surface area contributed by atoms with E-state index in [1.54, 1.807) is 0 Å². The van der Waals surface area contributed by atoms with Crippen LogP contribution in [0.1, 0.15) is 18.1 Å². The lowest BCUT2D eigenvalue weighted by Crippen LogP contribution is -1.97. The monoisotopic (exact) mass is 853 g/mol. The van der Waals surface area contributed by atoms with Gasteiger partial charge in [-0.3, -0.25) is 0 Å². The van der Waals surface area contributed by atoms with Crippen LogP contribution in [0.5, 0.6) is 0 Å². The van der Waals surface area contributed by atoms with Crippen molar-refractivity contribution < 1.29 is 4.42 Å². The molecule has 0 radical (unpaired) electrons. The Hall–Kier alpha value is -8.72.